The van der Waals surface area contributed by atoms with Gasteiger partial charge in [-0.2, -0.15) is 5.26 Å². The van der Waals surface area contributed by atoms with Gasteiger partial charge in [0.1, 0.15) is 5.82 Å². The summed E-state index contributed by atoms with van der Waals surface area (Å²) >= 11 is 0. The van der Waals surface area contributed by atoms with Gasteiger partial charge in [-0.05, 0) is 69.6 Å². The maximum Gasteiger partial charge on any atom is 0.224 e. The summed E-state index contributed by atoms with van der Waals surface area (Å²) < 4.78 is 2.29. The van der Waals surface area contributed by atoms with E-state index >= 15 is 0 Å². The maximum absolute atomic E-state index is 13.2. The molecule has 1 heterocycles. The van der Waals surface area contributed by atoms with Crippen molar-refractivity contribution in [2.75, 3.05) is 6.54 Å². The number of hydrogen-bond acceptors (Lipinski definition) is 3. The van der Waals surface area contributed by atoms with Gasteiger partial charge in [-0.15, -0.1) is 0 Å². The fourth-order valence-electron chi connectivity index (χ4n) is 5.98. The van der Waals surface area contributed by atoms with E-state index in [1.165, 1.54) is 51.4 Å². The number of aryl methyl sites for hydroxylation is 1. The molecule has 0 aliphatic heterocycles. The number of benzene rings is 1. The molecule has 2 aliphatic rings. The number of hydrogen-bond donors (Lipinski definition) is 0. The number of imidazole rings is 1. The zero-order valence-electron chi connectivity index (χ0n) is 19.9. The highest BCUT2D eigenvalue weighted by atomic mass is 16.2. The molecule has 1 amide bonds. The molecule has 0 radical (unpaired) electrons. The Hall–Kier alpha value is -2.35. The average Bonchev–Trinajstić information content (AvgIpc) is 3.21. The van der Waals surface area contributed by atoms with Crippen molar-refractivity contribution in [3.05, 3.63) is 29.6 Å². The number of fused-ring (bicyclic) bond motifs is 1. The van der Waals surface area contributed by atoms with Crippen LogP contribution in [0.4, 0.5) is 0 Å². The van der Waals surface area contributed by atoms with Crippen molar-refractivity contribution in [2.24, 2.45) is 5.92 Å². The highest BCUT2D eigenvalue weighted by Gasteiger charge is 2.28. The summed E-state index contributed by atoms with van der Waals surface area (Å²) in [5.41, 5.74) is 2.60. The molecule has 0 unspecified atom stereocenters. The summed E-state index contributed by atoms with van der Waals surface area (Å²) in [5.74, 6) is 2.68. The van der Waals surface area contributed by atoms with Crippen LogP contribution in [0.1, 0.15) is 102 Å². The van der Waals surface area contributed by atoms with E-state index in [0.717, 1.165) is 42.2 Å². The minimum absolute atomic E-state index is 0.274. The predicted octanol–water partition coefficient (Wildman–Crippen LogP) is 6.16. The summed E-state index contributed by atoms with van der Waals surface area (Å²) in [6.07, 6.45) is 12.7. The van der Waals surface area contributed by atoms with Gasteiger partial charge in [0.15, 0.2) is 0 Å². The molecule has 0 atom stereocenters. The second-order valence-electron chi connectivity index (χ2n) is 9.78. The summed E-state index contributed by atoms with van der Waals surface area (Å²) in [6, 6.07) is 8.45. The zero-order chi connectivity index (χ0) is 22.5. The van der Waals surface area contributed by atoms with Crippen LogP contribution in [0.25, 0.3) is 11.0 Å². The first-order chi connectivity index (χ1) is 15.6. The number of amides is 1. The van der Waals surface area contributed by atoms with E-state index in [4.69, 9.17) is 4.98 Å². The lowest BCUT2D eigenvalue weighted by Crippen LogP contribution is -2.41. The van der Waals surface area contributed by atoms with Crippen LogP contribution < -0.4 is 0 Å². The molecule has 0 bridgehead atoms. The van der Waals surface area contributed by atoms with Gasteiger partial charge in [-0.1, -0.05) is 32.6 Å². The van der Waals surface area contributed by atoms with Gasteiger partial charge in [-0.25, -0.2) is 4.98 Å². The highest BCUT2D eigenvalue weighted by Crippen LogP contribution is 2.38. The topological polar surface area (TPSA) is 61.9 Å². The molecule has 5 nitrogen and oxygen atoms in total. The SMILES string of the molecule is CCC1CCC(c2nc3cc(C#N)ccc3n2CCC(=O)N(CC)C2CCCCC2)CC1. The lowest BCUT2D eigenvalue weighted by Gasteiger charge is -2.34. The van der Waals surface area contributed by atoms with Gasteiger partial charge in [0, 0.05) is 31.5 Å². The van der Waals surface area contributed by atoms with Crippen molar-refractivity contribution in [1.29, 1.82) is 5.26 Å². The molecule has 5 heteroatoms. The van der Waals surface area contributed by atoms with E-state index in [1.54, 1.807) is 0 Å². The second kappa shape index (κ2) is 10.5. The normalized spacial score (nSPS) is 22.0. The molecule has 1 aromatic carbocycles. The molecule has 172 valence electrons. The smallest absolute Gasteiger partial charge is 0.224 e. The minimum Gasteiger partial charge on any atom is -0.340 e. The quantitative estimate of drug-likeness (QED) is 0.524. The highest BCUT2D eigenvalue weighted by molar-refractivity contribution is 5.79. The Kier molecular flexibility index (Phi) is 7.50. The zero-order valence-corrected chi connectivity index (χ0v) is 19.9. The molecule has 0 saturated heterocycles. The molecule has 1 aromatic heterocycles. The Balaban J connectivity index is 1.56. The fourth-order valence-corrected chi connectivity index (χ4v) is 5.98. The Morgan fingerprint density at radius 3 is 2.53 bits per heavy atom. The van der Waals surface area contributed by atoms with Gasteiger partial charge in [-0.3, -0.25) is 4.79 Å². The molecule has 0 spiro atoms. The summed E-state index contributed by atoms with van der Waals surface area (Å²) in [6.45, 7) is 5.88. The van der Waals surface area contributed by atoms with Crippen molar-refractivity contribution in [3.63, 3.8) is 0 Å². The van der Waals surface area contributed by atoms with Crippen LogP contribution >= 0.6 is 0 Å². The third-order valence-electron chi connectivity index (χ3n) is 7.92. The first-order valence-electron chi connectivity index (χ1n) is 12.8. The number of rotatable bonds is 7. The standard InChI is InChI=1S/C27H38N4O/c1-3-20-10-13-22(14-11-20)27-29-24-18-21(19-28)12-15-25(24)31(27)17-16-26(32)30(4-2)23-8-6-5-7-9-23/h12,15,18,20,22-23H,3-11,13-14,16-17H2,1-2H3. The molecule has 32 heavy (non-hydrogen) atoms. The van der Waals surface area contributed by atoms with Gasteiger partial charge in [0.25, 0.3) is 0 Å². The number of aromatic nitrogens is 2. The van der Waals surface area contributed by atoms with Crippen LogP contribution in [0.15, 0.2) is 18.2 Å². The molecule has 2 aliphatic carbocycles. The van der Waals surface area contributed by atoms with Crippen LogP contribution in [0, 0.1) is 17.2 Å². The predicted molar refractivity (Wildman–Crippen MR) is 128 cm³/mol. The van der Waals surface area contributed by atoms with Crippen LogP contribution in [0.3, 0.4) is 0 Å². The molecule has 2 fully saturated rings. The largest absolute Gasteiger partial charge is 0.340 e. The van der Waals surface area contributed by atoms with Crippen LogP contribution in [0.2, 0.25) is 0 Å². The van der Waals surface area contributed by atoms with E-state index in [0.29, 0.717) is 30.5 Å². The Morgan fingerprint density at radius 2 is 1.88 bits per heavy atom. The van der Waals surface area contributed by atoms with Gasteiger partial charge in [0.05, 0.1) is 22.7 Å². The molecule has 4 rings (SSSR count). The monoisotopic (exact) mass is 434 g/mol. The Labute approximate surface area is 192 Å². The van der Waals surface area contributed by atoms with E-state index in [9.17, 15) is 10.1 Å². The molecule has 0 N–H and O–H groups in total. The van der Waals surface area contributed by atoms with E-state index < -0.39 is 0 Å². The summed E-state index contributed by atoms with van der Waals surface area (Å²) in [7, 11) is 0. The van der Waals surface area contributed by atoms with Crippen molar-refractivity contribution in [1.82, 2.24) is 14.5 Å². The summed E-state index contributed by atoms with van der Waals surface area (Å²) in [4.78, 5) is 20.4. The molecule has 2 aromatic rings. The van der Waals surface area contributed by atoms with Crippen molar-refractivity contribution >= 4 is 16.9 Å². The average molecular weight is 435 g/mol. The number of carbonyl (C=O) groups excluding carboxylic acids is 1. The third-order valence-corrected chi connectivity index (χ3v) is 7.92. The number of nitriles is 1. The van der Waals surface area contributed by atoms with Crippen molar-refractivity contribution < 1.29 is 4.79 Å². The molecule has 2 saturated carbocycles. The maximum atomic E-state index is 13.2. The molecular formula is C27H38N4O. The van der Waals surface area contributed by atoms with Crippen molar-refractivity contribution in [3.8, 4) is 6.07 Å². The van der Waals surface area contributed by atoms with Crippen LogP contribution in [-0.2, 0) is 11.3 Å². The van der Waals surface area contributed by atoms with E-state index in [2.05, 4.69) is 29.4 Å². The Morgan fingerprint density at radius 1 is 1.12 bits per heavy atom. The third kappa shape index (κ3) is 4.85. The molecular weight excluding hydrogens is 396 g/mol. The van der Waals surface area contributed by atoms with Crippen LogP contribution in [-0.4, -0.2) is 32.9 Å². The van der Waals surface area contributed by atoms with Crippen molar-refractivity contribution in [2.45, 2.75) is 103 Å². The van der Waals surface area contributed by atoms with Gasteiger partial charge < -0.3 is 9.47 Å². The first kappa shape index (κ1) is 22.8. The first-order valence-corrected chi connectivity index (χ1v) is 12.8. The minimum atomic E-state index is 0.274. The lowest BCUT2D eigenvalue weighted by atomic mass is 9.80. The Bertz CT molecular complexity index is 958. The number of nitrogens with zero attached hydrogens (tertiary/aromatic N) is 4. The lowest BCUT2D eigenvalue weighted by molar-refractivity contribution is -0.134. The van der Waals surface area contributed by atoms with E-state index in [-0.39, 0.29) is 5.91 Å². The summed E-state index contributed by atoms with van der Waals surface area (Å²) in [5, 5.41) is 9.33. The van der Waals surface area contributed by atoms with Gasteiger partial charge >= 0.3 is 0 Å². The number of carbonyl (C=O) groups is 1. The van der Waals surface area contributed by atoms with Gasteiger partial charge in [0.2, 0.25) is 5.91 Å². The fraction of sp³-hybridized carbons (Fsp3) is 0.667. The van der Waals surface area contributed by atoms with Crippen LogP contribution in [0.5, 0.6) is 0 Å². The van der Waals surface area contributed by atoms with E-state index in [1.807, 2.05) is 18.2 Å². The second-order valence-corrected chi connectivity index (χ2v) is 9.78.